The Hall–Kier alpha value is -3.15. The number of aromatic nitrogens is 1. The lowest BCUT2D eigenvalue weighted by Gasteiger charge is -2.25. The number of nitrogens with zero attached hydrogens (tertiary/aromatic N) is 2. The molecule has 0 aliphatic carbocycles. The maximum Gasteiger partial charge on any atom is 0.300 e. The number of aryl methyl sites for hydroxylation is 1. The minimum atomic E-state index is -0.913. The average Bonchev–Trinajstić information content (AvgIpc) is 3.01. The Kier molecular flexibility index (Phi) is 5.33. The molecule has 2 heterocycles. The molecule has 1 saturated heterocycles. The fourth-order valence-corrected chi connectivity index (χ4v) is 3.80. The van der Waals surface area contributed by atoms with Crippen LogP contribution in [0.4, 0.5) is 5.69 Å². The molecule has 30 heavy (non-hydrogen) atoms. The Bertz CT molecular complexity index is 1190. The summed E-state index contributed by atoms with van der Waals surface area (Å²) in [5.74, 6) is -1.89. The van der Waals surface area contributed by atoms with Crippen LogP contribution in [0.25, 0.3) is 5.76 Å². The summed E-state index contributed by atoms with van der Waals surface area (Å²) in [4.78, 5) is 31.7. The Balaban J connectivity index is 1.96. The Morgan fingerprint density at radius 1 is 1.03 bits per heavy atom. The number of pyridine rings is 1. The number of amides is 1. The number of rotatable bonds is 3. The molecule has 2 aromatic carbocycles. The molecule has 5 nitrogen and oxygen atoms in total. The third-order valence-electron chi connectivity index (χ3n) is 4.94. The van der Waals surface area contributed by atoms with Crippen LogP contribution in [0.1, 0.15) is 22.9 Å². The normalized spacial score (nSPS) is 18.1. The van der Waals surface area contributed by atoms with Gasteiger partial charge in [-0.1, -0.05) is 47.5 Å². The summed E-state index contributed by atoms with van der Waals surface area (Å²) in [6.45, 7) is 1.84. The minimum Gasteiger partial charge on any atom is -0.507 e. The summed E-state index contributed by atoms with van der Waals surface area (Å²) >= 11 is 12.3. The van der Waals surface area contributed by atoms with Gasteiger partial charge in [-0.2, -0.15) is 0 Å². The maximum atomic E-state index is 13.0. The van der Waals surface area contributed by atoms with E-state index in [1.807, 2.05) is 6.92 Å². The van der Waals surface area contributed by atoms with Crippen molar-refractivity contribution in [1.29, 1.82) is 0 Å². The highest BCUT2D eigenvalue weighted by Gasteiger charge is 2.47. The highest BCUT2D eigenvalue weighted by atomic mass is 35.5. The van der Waals surface area contributed by atoms with E-state index in [1.54, 1.807) is 60.8 Å². The number of carbonyl (C=O) groups is 2. The number of aliphatic hydroxyl groups excluding tert-OH is 1. The molecule has 1 aliphatic rings. The van der Waals surface area contributed by atoms with E-state index in [1.165, 1.54) is 11.0 Å². The lowest BCUT2D eigenvalue weighted by molar-refractivity contribution is -0.132. The van der Waals surface area contributed by atoms with Gasteiger partial charge in [-0.3, -0.25) is 19.5 Å². The second-order valence-electron chi connectivity index (χ2n) is 6.87. The summed E-state index contributed by atoms with van der Waals surface area (Å²) in [6.07, 6.45) is 1.57. The molecule has 1 aromatic heterocycles. The molecular formula is C23H16Cl2N2O3. The molecule has 0 spiro atoms. The predicted octanol–water partition coefficient (Wildman–Crippen LogP) is 5.32. The Labute approximate surface area is 183 Å². The number of aliphatic hydroxyl groups is 1. The van der Waals surface area contributed by atoms with Crippen LogP contribution in [0.5, 0.6) is 0 Å². The number of anilines is 1. The largest absolute Gasteiger partial charge is 0.507 e. The molecule has 4 rings (SSSR count). The quantitative estimate of drug-likeness (QED) is 0.341. The van der Waals surface area contributed by atoms with E-state index in [2.05, 4.69) is 4.98 Å². The molecule has 1 N–H and O–H groups in total. The van der Waals surface area contributed by atoms with Gasteiger partial charge in [0.15, 0.2) is 0 Å². The van der Waals surface area contributed by atoms with Crippen molar-refractivity contribution < 1.29 is 14.7 Å². The van der Waals surface area contributed by atoms with Crippen LogP contribution in [-0.4, -0.2) is 21.8 Å². The monoisotopic (exact) mass is 438 g/mol. The number of hydrogen-bond donors (Lipinski definition) is 1. The summed E-state index contributed by atoms with van der Waals surface area (Å²) < 4.78 is 0. The molecule has 150 valence electrons. The van der Waals surface area contributed by atoms with Gasteiger partial charge >= 0.3 is 0 Å². The lowest BCUT2D eigenvalue weighted by atomic mass is 9.98. The molecular weight excluding hydrogens is 423 g/mol. The first kappa shape index (κ1) is 20.1. The van der Waals surface area contributed by atoms with Gasteiger partial charge in [0, 0.05) is 27.5 Å². The molecule has 0 radical (unpaired) electrons. The zero-order valence-electron chi connectivity index (χ0n) is 15.8. The minimum absolute atomic E-state index is 0.0577. The van der Waals surface area contributed by atoms with Crippen molar-refractivity contribution in [2.24, 2.45) is 0 Å². The van der Waals surface area contributed by atoms with E-state index in [4.69, 9.17) is 23.2 Å². The average molecular weight is 439 g/mol. The second kappa shape index (κ2) is 7.94. The van der Waals surface area contributed by atoms with Crippen molar-refractivity contribution in [3.8, 4) is 0 Å². The van der Waals surface area contributed by atoms with Crippen molar-refractivity contribution >= 4 is 46.3 Å². The summed E-state index contributed by atoms with van der Waals surface area (Å²) in [5.41, 5.74) is 2.00. The van der Waals surface area contributed by atoms with E-state index in [-0.39, 0.29) is 11.3 Å². The third-order valence-corrected chi connectivity index (χ3v) is 5.59. The summed E-state index contributed by atoms with van der Waals surface area (Å²) in [6, 6.07) is 15.8. The van der Waals surface area contributed by atoms with E-state index in [0.717, 1.165) is 5.56 Å². The van der Waals surface area contributed by atoms with Crippen LogP contribution in [0.15, 0.2) is 72.4 Å². The van der Waals surface area contributed by atoms with Gasteiger partial charge in [-0.25, -0.2) is 0 Å². The maximum absolute atomic E-state index is 13.0. The summed E-state index contributed by atoms with van der Waals surface area (Å²) in [7, 11) is 0. The van der Waals surface area contributed by atoms with Gasteiger partial charge in [0.05, 0.1) is 11.3 Å². The number of halogens is 2. The topological polar surface area (TPSA) is 70.5 Å². The number of Topliss-reactive ketones (excluding diaryl/α,β-unsaturated/α-hetero) is 1. The lowest BCUT2D eigenvalue weighted by Crippen LogP contribution is -2.29. The first-order valence-electron chi connectivity index (χ1n) is 9.12. The fraction of sp³-hybridized carbons (Fsp3) is 0.0870. The number of ketones is 1. The second-order valence-corrected chi connectivity index (χ2v) is 7.71. The molecule has 1 fully saturated rings. The molecule has 1 unspecified atom stereocenters. The van der Waals surface area contributed by atoms with Gasteiger partial charge in [-0.15, -0.1) is 0 Å². The number of carbonyl (C=O) groups excluding carboxylic acids is 2. The Morgan fingerprint density at radius 2 is 1.83 bits per heavy atom. The van der Waals surface area contributed by atoms with Crippen molar-refractivity contribution in [2.45, 2.75) is 13.0 Å². The van der Waals surface area contributed by atoms with Crippen LogP contribution in [0.2, 0.25) is 10.0 Å². The number of hydrogen-bond acceptors (Lipinski definition) is 4. The van der Waals surface area contributed by atoms with Crippen molar-refractivity contribution in [2.75, 3.05) is 4.90 Å². The molecule has 7 heteroatoms. The molecule has 0 saturated carbocycles. The van der Waals surface area contributed by atoms with Gasteiger partial charge < -0.3 is 5.11 Å². The van der Waals surface area contributed by atoms with E-state index in [9.17, 15) is 14.7 Å². The molecule has 1 amide bonds. The first-order valence-corrected chi connectivity index (χ1v) is 9.88. The first-order chi connectivity index (χ1) is 14.4. The smallest absolute Gasteiger partial charge is 0.300 e. The molecule has 1 atom stereocenters. The van der Waals surface area contributed by atoms with Gasteiger partial charge in [-0.05, 0) is 48.9 Å². The van der Waals surface area contributed by atoms with Gasteiger partial charge in [0.1, 0.15) is 11.8 Å². The highest BCUT2D eigenvalue weighted by Crippen LogP contribution is 2.42. The van der Waals surface area contributed by atoms with Crippen LogP contribution < -0.4 is 4.90 Å². The molecule has 3 aromatic rings. The van der Waals surface area contributed by atoms with Crippen LogP contribution >= 0.6 is 23.2 Å². The zero-order chi connectivity index (χ0) is 21.4. The van der Waals surface area contributed by atoms with Crippen molar-refractivity contribution in [3.05, 3.63) is 99.3 Å². The third kappa shape index (κ3) is 3.47. The summed E-state index contributed by atoms with van der Waals surface area (Å²) in [5, 5.41) is 11.9. The van der Waals surface area contributed by atoms with Gasteiger partial charge in [0.25, 0.3) is 11.7 Å². The number of benzene rings is 2. The SMILES string of the molecule is Cc1ccc(N2C(=O)C(=O)/C(=C(/O)c3cccc(Cl)c3)C2c2ccccn2)cc1Cl. The van der Waals surface area contributed by atoms with E-state index < -0.39 is 17.7 Å². The van der Waals surface area contributed by atoms with E-state index in [0.29, 0.717) is 27.0 Å². The van der Waals surface area contributed by atoms with Crippen molar-refractivity contribution in [3.63, 3.8) is 0 Å². The van der Waals surface area contributed by atoms with Crippen LogP contribution in [-0.2, 0) is 9.59 Å². The molecule has 1 aliphatic heterocycles. The van der Waals surface area contributed by atoms with E-state index >= 15 is 0 Å². The molecule has 0 bridgehead atoms. The standard InChI is InChI=1S/C23H16Cl2N2O3/c1-13-8-9-16(12-17(13)25)27-20(18-7-2-3-10-26-18)19(22(29)23(27)30)21(28)14-5-4-6-15(24)11-14/h2-12,20,28H,1H3/b21-19+. The van der Waals surface area contributed by atoms with Crippen LogP contribution in [0.3, 0.4) is 0 Å². The fourth-order valence-electron chi connectivity index (χ4n) is 3.44. The van der Waals surface area contributed by atoms with Gasteiger partial charge in [0.2, 0.25) is 0 Å². The highest BCUT2D eigenvalue weighted by molar-refractivity contribution is 6.51. The predicted molar refractivity (Wildman–Crippen MR) is 117 cm³/mol. The van der Waals surface area contributed by atoms with Crippen molar-refractivity contribution in [1.82, 2.24) is 4.98 Å². The Morgan fingerprint density at radius 3 is 2.50 bits per heavy atom. The zero-order valence-corrected chi connectivity index (χ0v) is 17.4. The van der Waals surface area contributed by atoms with Crippen LogP contribution in [0, 0.1) is 6.92 Å².